The summed E-state index contributed by atoms with van der Waals surface area (Å²) in [7, 11) is 0. The zero-order chi connectivity index (χ0) is 14.5. The van der Waals surface area contributed by atoms with Gasteiger partial charge in [-0.25, -0.2) is 0 Å². The summed E-state index contributed by atoms with van der Waals surface area (Å²) in [6, 6.07) is 6.52. The molecule has 0 unspecified atom stereocenters. The third kappa shape index (κ3) is 4.87. The predicted molar refractivity (Wildman–Crippen MR) is 81.3 cm³/mol. The van der Waals surface area contributed by atoms with Crippen molar-refractivity contribution in [3.8, 4) is 0 Å². The molecule has 1 fully saturated rings. The van der Waals surface area contributed by atoms with E-state index < -0.39 is 10.9 Å². The van der Waals surface area contributed by atoms with Crippen LogP contribution >= 0.6 is 12.4 Å². The maximum atomic E-state index is 10.6. The number of hydrogen-bond acceptors (Lipinski definition) is 5. The zero-order valence-corrected chi connectivity index (χ0v) is 12.3. The van der Waals surface area contributed by atoms with E-state index in [0.717, 1.165) is 31.9 Å². The normalized spacial score (nSPS) is 15.3. The summed E-state index contributed by atoms with van der Waals surface area (Å²) < 4.78 is 0. The number of non-ortho nitro benzene ring substituents is 1. The second-order valence-electron chi connectivity index (χ2n) is 4.75. The molecule has 21 heavy (non-hydrogen) atoms. The van der Waals surface area contributed by atoms with E-state index in [1.165, 1.54) is 12.1 Å². The molecule has 0 bridgehead atoms. The molecule has 0 aliphatic carbocycles. The molecule has 0 atom stereocenters. The SMILES string of the molecule is Cl.O=C(O)CCN1CCN(c2ccc([N+](=O)[O-])cc2)CC1. The number of aliphatic carboxylic acids is 1. The second kappa shape index (κ2) is 7.80. The summed E-state index contributed by atoms with van der Waals surface area (Å²) in [5.74, 6) is -0.775. The van der Waals surface area contributed by atoms with Crippen molar-refractivity contribution in [2.45, 2.75) is 6.42 Å². The largest absolute Gasteiger partial charge is 0.481 e. The number of piperazine rings is 1. The molecule has 0 amide bonds. The van der Waals surface area contributed by atoms with Gasteiger partial charge in [0.15, 0.2) is 0 Å². The summed E-state index contributed by atoms with van der Waals surface area (Å²) >= 11 is 0. The number of nitrogens with zero attached hydrogens (tertiary/aromatic N) is 3. The summed E-state index contributed by atoms with van der Waals surface area (Å²) in [4.78, 5) is 25.0. The molecule has 1 N–H and O–H groups in total. The smallest absolute Gasteiger partial charge is 0.304 e. The highest BCUT2D eigenvalue weighted by Gasteiger charge is 2.18. The molecule has 7 nitrogen and oxygen atoms in total. The van der Waals surface area contributed by atoms with Crippen molar-refractivity contribution >= 4 is 29.8 Å². The van der Waals surface area contributed by atoms with Crippen LogP contribution in [0.25, 0.3) is 0 Å². The quantitative estimate of drug-likeness (QED) is 0.656. The van der Waals surface area contributed by atoms with Gasteiger partial charge in [0.1, 0.15) is 0 Å². The Morgan fingerprint density at radius 1 is 1.19 bits per heavy atom. The van der Waals surface area contributed by atoms with Crippen LogP contribution in [0.3, 0.4) is 0 Å². The van der Waals surface area contributed by atoms with Crippen LogP contribution < -0.4 is 4.90 Å². The zero-order valence-electron chi connectivity index (χ0n) is 11.5. The lowest BCUT2D eigenvalue weighted by atomic mass is 10.2. The van der Waals surface area contributed by atoms with Crippen molar-refractivity contribution < 1.29 is 14.8 Å². The lowest BCUT2D eigenvalue weighted by molar-refractivity contribution is -0.384. The van der Waals surface area contributed by atoms with E-state index in [0.29, 0.717) is 6.54 Å². The van der Waals surface area contributed by atoms with E-state index in [2.05, 4.69) is 9.80 Å². The minimum atomic E-state index is -0.775. The van der Waals surface area contributed by atoms with Gasteiger partial charge in [-0.15, -0.1) is 12.4 Å². The first-order chi connectivity index (χ1) is 9.56. The van der Waals surface area contributed by atoms with Gasteiger partial charge in [0.05, 0.1) is 11.3 Å². The average Bonchev–Trinajstić information content (AvgIpc) is 2.46. The Labute approximate surface area is 128 Å². The molecule has 0 spiro atoms. The van der Waals surface area contributed by atoms with Crippen molar-refractivity contribution in [1.29, 1.82) is 0 Å². The van der Waals surface area contributed by atoms with Crippen LogP contribution in [0.4, 0.5) is 11.4 Å². The number of carboxylic acids is 1. The first kappa shape index (κ1) is 17.2. The minimum Gasteiger partial charge on any atom is -0.481 e. The molecule has 0 radical (unpaired) electrons. The van der Waals surface area contributed by atoms with Crippen LogP contribution in [0.15, 0.2) is 24.3 Å². The molecule has 1 aromatic rings. The Morgan fingerprint density at radius 3 is 2.24 bits per heavy atom. The first-order valence-corrected chi connectivity index (χ1v) is 6.50. The van der Waals surface area contributed by atoms with Crippen LogP contribution in [0.1, 0.15) is 6.42 Å². The topological polar surface area (TPSA) is 86.9 Å². The number of hydrogen-bond donors (Lipinski definition) is 1. The fourth-order valence-electron chi connectivity index (χ4n) is 2.27. The fraction of sp³-hybridized carbons (Fsp3) is 0.462. The molecule has 1 saturated heterocycles. The maximum Gasteiger partial charge on any atom is 0.304 e. The number of rotatable bonds is 5. The Hall–Kier alpha value is -1.86. The number of anilines is 1. The summed E-state index contributed by atoms with van der Waals surface area (Å²) in [5, 5.41) is 19.2. The van der Waals surface area contributed by atoms with E-state index in [1.54, 1.807) is 12.1 Å². The van der Waals surface area contributed by atoms with Crippen molar-refractivity contribution in [3.05, 3.63) is 34.4 Å². The van der Waals surface area contributed by atoms with E-state index in [9.17, 15) is 14.9 Å². The Bertz CT molecular complexity index is 487. The molecule has 0 saturated carbocycles. The highest BCUT2D eigenvalue weighted by molar-refractivity contribution is 5.85. The first-order valence-electron chi connectivity index (χ1n) is 6.50. The van der Waals surface area contributed by atoms with Gasteiger partial charge < -0.3 is 10.0 Å². The van der Waals surface area contributed by atoms with Gasteiger partial charge in [-0.05, 0) is 12.1 Å². The number of nitro benzene ring substituents is 1. The molecule has 2 rings (SSSR count). The third-order valence-electron chi connectivity index (χ3n) is 3.44. The summed E-state index contributed by atoms with van der Waals surface area (Å²) in [5.41, 5.74) is 1.06. The minimum absolute atomic E-state index is 0. The Balaban J connectivity index is 0.00000220. The Kier molecular flexibility index (Phi) is 6.39. The predicted octanol–water partition coefficient (Wildman–Crippen LogP) is 1.61. The van der Waals surface area contributed by atoms with Crippen molar-refractivity contribution in [2.75, 3.05) is 37.6 Å². The van der Waals surface area contributed by atoms with E-state index in [4.69, 9.17) is 5.11 Å². The van der Waals surface area contributed by atoms with Gasteiger partial charge in [0.2, 0.25) is 0 Å². The van der Waals surface area contributed by atoms with Crippen molar-refractivity contribution in [2.24, 2.45) is 0 Å². The number of carbonyl (C=O) groups is 1. The van der Waals surface area contributed by atoms with E-state index >= 15 is 0 Å². The van der Waals surface area contributed by atoms with Gasteiger partial charge >= 0.3 is 5.97 Å². The highest BCUT2D eigenvalue weighted by atomic mass is 35.5. The van der Waals surface area contributed by atoms with E-state index in [-0.39, 0.29) is 24.5 Å². The molecule has 8 heteroatoms. The number of halogens is 1. The van der Waals surface area contributed by atoms with Gasteiger partial charge in [-0.1, -0.05) is 0 Å². The average molecular weight is 316 g/mol. The molecular formula is C13H18ClN3O4. The third-order valence-corrected chi connectivity index (χ3v) is 3.44. The lowest BCUT2D eigenvalue weighted by Crippen LogP contribution is -2.46. The number of benzene rings is 1. The van der Waals surface area contributed by atoms with Crippen LogP contribution in [-0.2, 0) is 4.79 Å². The number of carboxylic acid groups (broad SMARTS) is 1. The van der Waals surface area contributed by atoms with Gasteiger partial charge in [-0.2, -0.15) is 0 Å². The van der Waals surface area contributed by atoms with Crippen LogP contribution in [0, 0.1) is 10.1 Å². The second-order valence-corrected chi connectivity index (χ2v) is 4.75. The summed E-state index contributed by atoms with van der Waals surface area (Å²) in [6.45, 7) is 3.80. The maximum absolute atomic E-state index is 10.6. The van der Waals surface area contributed by atoms with E-state index in [1.807, 2.05) is 0 Å². The standard InChI is InChI=1S/C13H17N3O4.ClH/c17-13(18)5-6-14-7-9-15(10-8-14)11-1-3-12(4-2-11)16(19)20;/h1-4H,5-10H2,(H,17,18);1H. The molecule has 1 aliphatic heterocycles. The molecule has 116 valence electrons. The molecule has 1 aliphatic rings. The van der Waals surface area contributed by atoms with Crippen LogP contribution in [0.5, 0.6) is 0 Å². The summed E-state index contributed by atoms with van der Waals surface area (Å²) in [6.07, 6.45) is 0.164. The molecule has 0 aromatic heterocycles. The van der Waals surface area contributed by atoms with Crippen molar-refractivity contribution in [3.63, 3.8) is 0 Å². The number of nitro groups is 1. The van der Waals surface area contributed by atoms with Gasteiger partial charge in [0.25, 0.3) is 5.69 Å². The van der Waals surface area contributed by atoms with Gasteiger partial charge in [0, 0.05) is 50.5 Å². The van der Waals surface area contributed by atoms with Crippen LogP contribution in [-0.4, -0.2) is 53.6 Å². The lowest BCUT2D eigenvalue weighted by Gasteiger charge is -2.35. The van der Waals surface area contributed by atoms with Gasteiger partial charge in [-0.3, -0.25) is 19.8 Å². The molecule has 1 aromatic carbocycles. The van der Waals surface area contributed by atoms with Crippen LogP contribution in [0.2, 0.25) is 0 Å². The van der Waals surface area contributed by atoms with Crippen molar-refractivity contribution in [1.82, 2.24) is 4.90 Å². The molecular weight excluding hydrogens is 298 g/mol. The Morgan fingerprint density at radius 2 is 1.76 bits per heavy atom. The monoisotopic (exact) mass is 315 g/mol. The molecule has 1 heterocycles. The fourth-order valence-corrected chi connectivity index (χ4v) is 2.27. The highest BCUT2D eigenvalue weighted by Crippen LogP contribution is 2.20.